The summed E-state index contributed by atoms with van der Waals surface area (Å²) in [6.45, 7) is 5.46. The number of para-hydroxylation sites is 1. The summed E-state index contributed by atoms with van der Waals surface area (Å²) in [5.74, 6) is 1.30. The maximum atomic E-state index is 6.10. The van der Waals surface area contributed by atoms with Crippen LogP contribution in [0.15, 0.2) is 23.7 Å². The van der Waals surface area contributed by atoms with Gasteiger partial charge in [-0.25, -0.2) is 9.97 Å². The van der Waals surface area contributed by atoms with Gasteiger partial charge in [-0.15, -0.1) is 11.3 Å². The summed E-state index contributed by atoms with van der Waals surface area (Å²) in [6.07, 6.45) is 0.965. The molecule has 3 rings (SSSR count). The molecule has 0 saturated carbocycles. The lowest BCUT2D eigenvalue weighted by atomic mass is 10.3. The summed E-state index contributed by atoms with van der Waals surface area (Å²) >= 11 is 1.64. The molecular weight excluding hydrogens is 284 g/mol. The third-order valence-corrected chi connectivity index (χ3v) is 4.30. The molecule has 0 bridgehead atoms. The number of thiazole rings is 1. The molecule has 0 aliphatic carbocycles. The van der Waals surface area contributed by atoms with Gasteiger partial charge in [0.25, 0.3) is 0 Å². The van der Waals surface area contributed by atoms with E-state index in [-0.39, 0.29) is 0 Å². The molecule has 5 nitrogen and oxygen atoms in total. The van der Waals surface area contributed by atoms with Crippen LogP contribution in [0.2, 0.25) is 0 Å². The summed E-state index contributed by atoms with van der Waals surface area (Å²) in [5, 5.41) is 0. The van der Waals surface area contributed by atoms with E-state index in [2.05, 4.69) is 16.9 Å². The zero-order chi connectivity index (χ0) is 14.8. The number of anilines is 1. The van der Waals surface area contributed by atoms with E-state index in [0.717, 1.165) is 28.9 Å². The van der Waals surface area contributed by atoms with Crippen LogP contribution < -0.4 is 10.5 Å². The predicted molar refractivity (Wildman–Crippen MR) is 85.9 cm³/mol. The monoisotopic (exact) mass is 302 g/mol. The molecule has 0 atom stereocenters. The molecule has 1 aromatic carbocycles. The molecule has 0 amide bonds. The van der Waals surface area contributed by atoms with Gasteiger partial charge in [0, 0.05) is 4.88 Å². The molecule has 21 heavy (non-hydrogen) atoms. The fourth-order valence-corrected chi connectivity index (χ4v) is 3.02. The number of nitrogen functional groups attached to an aromatic ring is 1. The molecule has 110 valence electrons. The minimum absolute atomic E-state index is 0.505. The third kappa shape index (κ3) is 2.58. The number of ether oxygens (including phenoxy) is 1. The first-order valence-electron chi connectivity index (χ1n) is 6.97. The van der Waals surface area contributed by atoms with Crippen molar-refractivity contribution < 1.29 is 4.74 Å². The highest BCUT2D eigenvalue weighted by Crippen LogP contribution is 2.28. The number of hydrogen-bond donors (Lipinski definition) is 1. The first kappa shape index (κ1) is 13.9. The summed E-state index contributed by atoms with van der Waals surface area (Å²) in [5.41, 5.74) is 10.8. The summed E-state index contributed by atoms with van der Waals surface area (Å²) in [7, 11) is 0. The highest BCUT2D eigenvalue weighted by Gasteiger charge is 2.14. The average Bonchev–Trinajstić information content (AvgIpc) is 3.02. The van der Waals surface area contributed by atoms with Crippen molar-refractivity contribution >= 4 is 28.3 Å². The van der Waals surface area contributed by atoms with Gasteiger partial charge >= 0.3 is 0 Å². The van der Waals surface area contributed by atoms with Crippen LogP contribution in [-0.2, 0) is 6.54 Å². The van der Waals surface area contributed by atoms with Crippen LogP contribution in [0.5, 0.6) is 5.75 Å². The first-order chi connectivity index (χ1) is 10.2. The first-order valence-corrected chi connectivity index (χ1v) is 7.85. The molecule has 2 aromatic heterocycles. The van der Waals surface area contributed by atoms with Gasteiger partial charge in [0.2, 0.25) is 5.95 Å². The lowest BCUT2D eigenvalue weighted by Crippen LogP contribution is -2.04. The van der Waals surface area contributed by atoms with E-state index in [4.69, 9.17) is 10.5 Å². The van der Waals surface area contributed by atoms with E-state index in [1.165, 1.54) is 4.88 Å². The van der Waals surface area contributed by atoms with E-state index in [9.17, 15) is 0 Å². The van der Waals surface area contributed by atoms with E-state index < -0.39 is 0 Å². The van der Waals surface area contributed by atoms with E-state index in [1.54, 1.807) is 11.3 Å². The van der Waals surface area contributed by atoms with E-state index in [0.29, 0.717) is 19.1 Å². The third-order valence-electron chi connectivity index (χ3n) is 3.38. The van der Waals surface area contributed by atoms with Crippen molar-refractivity contribution in [3.05, 3.63) is 34.3 Å². The van der Waals surface area contributed by atoms with Gasteiger partial charge in [-0.1, -0.05) is 13.0 Å². The number of nitrogens with zero attached hydrogens (tertiary/aromatic N) is 3. The molecule has 0 aliphatic heterocycles. The molecule has 0 fully saturated rings. The Morgan fingerprint density at radius 1 is 1.38 bits per heavy atom. The predicted octanol–water partition coefficient (Wildman–Crippen LogP) is 3.22. The number of aromatic nitrogens is 3. The van der Waals surface area contributed by atoms with Crippen molar-refractivity contribution in [2.24, 2.45) is 0 Å². The fourth-order valence-electron chi connectivity index (χ4n) is 2.26. The maximum absolute atomic E-state index is 6.10. The molecule has 2 heterocycles. The van der Waals surface area contributed by atoms with Gasteiger partial charge in [-0.05, 0) is 25.5 Å². The second-order valence-electron chi connectivity index (χ2n) is 4.89. The van der Waals surface area contributed by atoms with Gasteiger partial charge in [0.1, 0.15) is 11.3 Å². The summed E-state index contributed by atoms with van der Waals surface area (Å²) < 4.78 is 7.76. The lowest BCUT2D eigenvalue weighted by molar-refractivity contribution is 0.320. The zero-order valence-electron chi connectivity index (χ0n) is 12.2. The molecular formula is C15H18N4OS. The van der Waals surface area contributed by atoms with Crippen LogP contribution in [-0.4, -0.2) is 21.1 Å². The van der Waals surface area contributed by atoms with Gasteiger partial charge in [-0.3, -0.25) is 0 Å². The Kier molecular flexibility index (Phi) is 3.79. The second kappa shape index (κ2) is 5.73. The van der Waals surface area contributed by atoms with Crippen LogP contribution in [0, 0.1) is 6.92 Å². The van der Waals surface area contributed by atoms with Crippen LogP contribution in [0.3, 0.4) is 0 Å². The van der Waals surface area contributed by atoms with Crippen molar-refractivity contribution in [3.8, 4) is 5.75 Å². The smallest absolute Gasteiger partial charge is 0.201 e. The standard InChI is InChI=1S/C15H18N4OS/c1-3-7-20-12-6-4-5-11-14(12)18-15(16)19(11)8-13-10(2)17-9-21-13/h4-6,9H,3,7-8H2,1-2H3,(H2,16,18). The van der Waals surface area contributed by atoms with Crippen LogP contribution in [0.4, 0.5) is 5.95 Å². The van der Waals surface area contributed by atoms with Crippen LogP contribution >= 0.6 is 11.3 Å². The van der Waals surface area contributed by atoms with Gasteiger partial charge < -0.3 is 15.0 Å². The number of rotatable bonds is 5. The van der Waals surface area contributed by atoms with Crippen molar-refractivity contribution in [1.29, 1.82) is 0 Å². The van der Waals surface area contributed by atoms with Crippen LogP contribution in [0.1, 0.15) is 23.9 Å². The van der Waals surface area contributed by atoms with Crippen molar-refractivity contribution in [2.75, 3.05) is 12.3 Å². The molecule has 2 N–H and O–H groups in total. The molecule has 0 radical (unpaired) electrons. The number of hydrogen-bond acceptors (Lipinski definition) is 5. The SMILES string of the molecule is CCCOc1cccc2c1nc(N)n2Cc1scnc1C. The van der Waals surface area contributed by atoms with Gasteiger partial charge in [-0.2, -0.15) is 0 Å². The Hall–Kier alpha value is -2.08. The minimum Gasteiger partial charge on any atom is -0.491 e. The topological polar surface area (TPSA) is 66.0 Å². The number of benzene rings is 1. The summed E-state index contributed by atoms with van der Waals surface area (Å²) in [4.78, 5) is 9.96. The van der Waals surface area contributed by atoms with Gasteiger partial charge in [0.15, 0.2) is 0 Å². The number of fused-ring (bicyclic) bond motifs is 1. The Morgan fingerprint density at radius 3 is 2.95 bits per heavy atom. The quantitative estimate of drug-likeness (QED) is 0.786. The lowest BCUT2D eigenvalue weighted by Gasteiger charge is -2.07. The average molecular weight is 302 g/mol. The Morgan fingerprint density at radius 2 is 2.24 bits per heavy atom. The Labute approximate surface area is 127 Å². The molecule has 0 saturated heterocycles. The van der Waals surface area contributed by atoms with E-state index >= 15 is 0 Å². The minimum atomic E-state index is 0.505. The van der Waals surface area contributed by atoms with Crippen LogP contribution in [0.25, 0.3) is 11.0 Å². The van der Waals surface area contributed by atoms with E-state index in [1.807, 2.05) is 35.2 Å². The highest BCUT2D eigenvalue weighted by atomic mass is 32.1. The largest absolute Gasteiger partial charge is 0.491 e. The molecule has 0 spiro atoms. The molecule has 0 unspecified atom stereocenters. The second-order valence-corrected chi connectivity index (χ2v) is 5.83. The Bertz CT molecular complexity index is 762. The number of aryl methyl sites for hydroxylation is 1. The Balaban J connectivity index is 2.03. The number of imidazole rings is 1. The van der Waals surface area contributed by atoms with Crippen molar-refractivity contribution in [3.63, 3.8) is 0 Å². The molecule has 6 heteroatoms. The number of nitrogens with two attached hydrogens (primary N) is 1. The van der Waals surface area contributed by atoms with Crippen molar-refractivity contribution in [1.82, 2.24) is 14.5 Å². The van der Waals surface area contributed by atoms with Crippen molar-refractivity contribution in [2.45, 2.75) is 26.8 Å². The normalized spacial score (nSPS) is 11.1. The van der Waals surface area contributed by atoms with Gasteiger partial charge in [0.05, 0.1) is 29.9 Å². The molecule has 0 aliphatic rings. The molecule has 3 aromatic rings. The zero-order valence-corrected chi connectivity index (χ0v) is 13.0. The highest BCUT2D eigenvalue weighted by molar-refractivity contribution is 7.09. The maximum Gasteiger partial charge on any atom is 0.201 e. The summed E-state index contributed by atoms with van der Waals surface area (Å²) in [6, 6.07) is 5.94. The fraction of sp³-hybridized carbons (Fsp3) is 0.333.